The first-order valence-electron chi connectivity index (χ1n) is 9.09. The number of nitrogens with zero attached hydrogens (tertiary/aromatic N) is 3. The van der Waals surface area contributed by atoms with Gasteiger partial charge in [-0.15, -0.1) is 0 Å². The Labute approximate surface area is 169 Å². The van der Waals surface area contributed by atoms with Crippen LogP contribution in [0.4, 0.5) is 18.9 Å². The monoisotopic (exact) mass is 410 g/mol. The molecule has 4 rings (SSSR count). The lowest BCUT2D eigenvalue weighted by Crippen LogP contribution is -2.24. The van der Waals surface area contributed by atoms with Gasteiger partial charge in [0.2, 0.25) is 0 Å². The fraction of sp³-hybridized carbons (Fsp3) is 0.136. The lowest BCUT2D eigenvalue weighted by atomic mass is 10.0. The third kappa shape index (κ3) is 3.30. The molecule has 0 amide bonds. The van der Waals surface area contributed by atoms with Crippen molar-refractivity contribution in [3.63, 3.8) is 0 Å². The predicted octanol–water partition coefficient (Wildman–Crippen LogP) is 4.67. The second-order valence-electron chi connectivity index (χ2n) is 7.02. The molecule has 3 aromatic heterocycles. The van der Waals surface area contributed by atoms with Crippen LogP contribution in [0.25, 0.3) is 27.8 Å². The summed E-state index contributed by atoms with van der Waals surface area (Å²) in [6, 6.07) is 12.3. The molecule has 0 unspecified atom stereocenters. The lowest BCUT2D eigenvalue weighted by molar-refractivity contribution is -0.141. The fourth-order valence-corrected chi connectivity index (χ4v) is 3.36. The lowest BCUT2D eigenvalue weighted by Gasteiger charge is -2.17. The van der Waals surface area contributed by atoms with E-state index < -0.39 is 17.4 Å². The Morgan fingerprint density at radius 2 is 1.70 bits per heavy atom. The number of aryl methyl sites for hydroxylation is 2. The zero-order valence-corrected chi connectivity index (χ0v) is 16.2. The molecule has 0 aliphatic carbocycles. The second kappa shape index (κ2) is 6.98. The highest BCUT2D eigenvalue weighted by Crippen LogP contribution is 2.34. The van der Waals surface area contributed by atoms with E-state index in [4.69, 9.17) is 5.73 Å². The van der Waals surface area contributed by atoms with Gasteiger partial charge in [-0.1, -0.05) is 17.7 Å². The first-order valence-corrected chi connectivity index (χ1v) is 9.09. The summed E-state index contributed by atoms with van der Waals surface area (Å²) >= 11 is 0. The standard InChI is InChI=1S/C22H17F3N4O/c1-12-3-5-15(6-4-12)29-20-16(7-8-17(28-20)22(23,24)25)19(26)18(21(29)30)14-9-10-27-13(2)11-14/h3-11H,26H2,1-2H3. The summed E-state index contributed by atoms with van der Waals surface area (Å²) in [6.45, 7) is 3.65. The van der Waals surface area contributed by atoms with E-state index in [0.717, 1.165) is 11.6 Å². The summed E-state index contributed by atoms with van der Waals surface area (Å²) in [4.78, 5) is 21.4. The highest BCUT2D eigenvalue weighted by atomic mass is 19.4. The molecule has 0 aliphatic heterocycles. The van der Waals surface area contributed by atoms with Crippen molar-refractivity contribution in [1.29, 1.82) is 0 Å². The van der Waals surface area contributed by atoms with Crippen molar-refractivity contribution < 1.29 is 13.2 Å². The average Bonchev–Trinajstić information content (AvgIpc) is 2.68. The van der Waals surface area contributed by atoms with E-state index in [2.05, 4.69) is 9.97 Å². The zero-order valence-electron chi connectivity index (χ0n) is 16.2. The van der Waals surface area contributed by atoms with Crippen LogP contribution in [0.2, 0.25) is 0 Å². The van der Waals surface area contributed by atoms with Crippen LogP contribution < -0.4 is 11.3 Å². The molecule has 2 N–H and O–H groups in total. The number of anilines is 1. The first kappa shape index (κ1) is 19.6. The molecule has 3 heterocycles. The molecule has 1 aromatic carbocycles. The van der Waals surface area contributed by atoms with Crippen LogP contribution in [0.15, 0.2) is 59.5 Å². The van der Waals surface area contributed by atoms with Gasteiger partial charge < -0.3 is 5.73 Å². The average molecular weight is 410 g/mol. The van der Waals surface area contributed by atoms with Crippen LogP contribution in [-0.4, -0.2) is 14.5 Å². The first-order chi connectivity index (χ1) is 14.2. The molecule has 0 atom stereocenters. The number of fused-ring (bicyclic) bond motifs is 1. The van der Waals surface area contributed by atoms with E-state index in [-0.39, 0.29) is 22.3 Å². The van der Waals surface area contributed by atoms with Crippen LogP contribution in [0, 0.1) is 13.8 Å². The number of nitrogen functional groups attached to an aromatic ring is 1. The number of rotatable bonds is 2. The summed E-state index contributed by atoms with van der Waals surface area (Å²) in [6.07, 6.45) is -3.10. The molecule has 0 bridgehead atoms. The SMILES string of the molecule is Cc1ccc(-n2c(=O)c(-c3ccnc(C)c3)c(N)c3ccc(C(F)(F)F)nc32)cc1. The van der Waals surface area contributed by atoms with Crippen LogP contribution >= 0.6 is 0 Å². The number of benzene rings is 1. The van der Waals surface area contributed by atoms with Crippen molar-refractivity contribution in [1.82, 2.24) is 14.5 Å². The second-order valence-corrected chi connectivity index (χ2v) is 7.02. The van der Waals surface area contributed by atoms with Gasteiger partial charge in [0, 0.05) is 17.3 Å². The van der Waals surface area contributed by atoms with Crippen molar-refractivity contribution in [2.75, 3.05) is 5.73 Å². The fourth-order valence-electron chi connectivity index (χ4n) is 3.36. The number of halogens is 3. The quantitative estimate of drug-likeness (QED) is 0.521. The number of nitrogens with two attached hydrogens (primary N) is 1. The minimum absolute atomic E-state index is 0.0742. The zero-order chi connectivity index (χ0) is 21.6. The van der Waals surface area contributed by atoms with Gasteiger partial charge in [0.25, 0.3) is 5.56 Å². The maximum absolute atomic E-state index is 13.5. The van der Waals surface area contributed by atoms with Gasteiger partial charge in [0.1, 0.15) is 11.3 Å². The molecule has 4 aromatic rings. The van der Waals surface area contributed by atoms with Gasteiger partial charge in [-0.05, 0) is 55.8 Å². The number of alkyl halides is 3. The van der Waals surface area contributed by atoms with Gasteiger partial charge >= 0.3 is 6.18 Å². The molecular formula is C22H17F3N4O. The Morgan fingerprint density at radius 1 is 1.00 bits per heavy atom. The van der Waals surface area contributed by atoms with E-state index in [1.54, 1.807) is 49.5 Å². The molecule has 0 fully saturated rings. The summed E-state index contributed by atoms with van der Waals surface area (Å²) in [5.74, 6) is 0. The maximum atomic E-state index is 13.5. The predicted molar refractivity (Wildman–Crippen MR) is 109 cm³/mol. The number of hydrogen-bond acceptors (Lipinski definition) is 4. The molecule has 0 saturated heterocycles. The summed E-state index contributed by atoms with van der Waals surface area (Å²) in [5.41, 5.74) is 7.30. The summed E-state index contributed by atoms with van der Waals surface area (Å²) in [5, 5.41) is 0.257. The summed E-state index contributed by atoms with van der Waals surface area (Å²) in [7, 11) is 0. The van der Waals surface area contributed by atoms with Gasteiger partial charge in [0.05, 0.1) is 16.9 Å². The minimum atomic E-state index is -4.65. The third-order valence-corrected chi connectivity index (χ3v) is 4.83. The summed E-state index contributed by atoms with van der Waals surface area (Å²) < 4.78 is 41.1. The number of aromatic nitrogens is 3. The van der Waals surface area contributed by atoms with E-state index in [1.807, 2.05) is 6.92 Å². The van der Waals surface area contributed by atoms with E-state index in [0.29, 0.717) is 16.9 Å². The van der Waals surface area contributed by atoms with Gasteiger partial charge in [-0.25, -0.2) is 4.98 Å². The van der Waals surface area contributed by atoms with E-state index in [1.165, 1.54) is 10.6 Å². The normalized spacial score (nSPS) is 11.8. The van der Waals surface area contributed by atoms with Crippen molar-refractivity contribution >= 4 is 16.7 Å². The Bertz CT molecular complexity index is 1330. The van der Waals surface area contributed by atoms with Crippen LogP contribution in [0.3, 0.4) is 0 Å². The van der Waals surface area contributed by atoms with Crippen molar-refractivity contribution in [2.24, 2.45) is 0 Å². The molecule has 0 aliphatic rings. The Kier molecular flexibility index (Phi) is 4.57. The Hall–Kier alpha value is -3.68. The third-order valence-electron chi connectivity index (χ3n) is 4.83. The maximum Gasteiger partial charge on any atom is 0.433 e. The van der Waals surface area contributed by atoms with E-state index in [9.17, 15) is 18.0 Å². The Morgan fingerprint density at radius 3 is 2.33 bits per heavy atom. The van der Waals surface area contributed by atoms with E-state index >= 15 is 0 Å². The molecule has 152 valence electrons. The van der Waals surface area contributed by atoms with Gasteiger partial charge in [-0.3, -0.25) is 14.3 Å². The molecule has 8 heteroatoms. The van der Waals surface area contributed by atoms with Crippen molar-refractivity contribution in [3.8, 4) is 16.8 Å². The Balaban J connectivity index is 2.16. The van der Waals surface area contributed by atoms with Crippen molar-refractivity contribution in [3.05, 3.63) is 82.0 Å². The largest absolute Gasteiger partial charge is 0.433 e. The van der Waals surface area contributed by atoms with Crippen LogP contribution in [-0.2, 0) is 6.18 Å². The highest BCUT2D eigenvalue weighted by Gasteiger charge is 2.33. The van der Waals surface area contributed by atoms with Crippen LogP contribution in [0.1, 0.15) is 17.0 Å². The molecular weight excluding hydrogens is 393 g/mol. The highest BCUT2D eigenvalue weighted by molar-refractivity contribution is 5.97. The van der Waals surface area contributed by atoms with Crippen molar-refractivity contribution in [2.45, 2.75) is 20.0 Å². The molecule has 0 spiro atoms. The molecule has 5 nitrogen and oxygen atoms in total. The molecule has 30 heavy (non-hydrogen) atoms. The smallest absolute Gasteiger partial charge is 0.397 e. The topological polar surface area (TPSA) is 73.8 Å². The molecule has 0 radical (unpaired) electrons. The number of hydrogen-bond donors (Lipinski definition) is 1. The van der Waals surface area contributed by atoms with Gasteiger partial charge in [-0.2, -0.15) is 13.2 Å². The number of pyridine rings is 3. The molecule has 0 saturated carbocycles. The van der Waals surface area contributed by atoms with Crippen LogP contribution in [0.5, 0.6) is 0 Å². The van der Waals surface area contributed by atoms with Gasteiger partial charge in [0.15, 0.2) is 0 Å². The minimum Gasteiger partial charge on any atom is -0.397 e.